The van der Waals surface area contributed by atoms with Gasteiger partial charge in [0.25, 0.3) is 11.5 Å². The number of aromatic nitrogens is 2. The molecule has 2 aromatic carbocycles. The number of methoxy groups -OCH3 is 3. The van der Waals surface area contributed by atoms with Crippen LogP contribution >= 0.6 is 0 Å². The lowest BCUT2D eigenvalue weighted by Crippen LogP contribution is -2.34. The maximum Gasteiger partial charge on any atom is 0.261 e. The Morgan fingerprint density at radius 3 is 2.60 bits per heavy atom. The first-order chi connectivity index (χ1) is 14.5. The lowest BCUT2D eigenvalue weighted by Gasteiger charge is -2.20. The van der Waals surface area contributed by atoms with E-state index in [0.29, 0.717) is 46.9 Å². The van der Waals surface area contributed by atoms with Gasteiger partial charge in [0.1, 0.15) is 17.3 Å². The number of nitrogens with one attached hydrogen (secondary N) is 1. The second-order valence-corrected chi connectivity index (χ2v) is 6.70. The van der Waals surface area contributed by atoms with E-state index in [9.17, 15) is 9.59 Å². The molecule has 3 aromatic rings. The van der Waals surface area contributed by atoms with E-state index in [1.54, 1.807) is 62.1 Å². The summed E-state index contributed by atoms with van der Waals surface area (Å²) in [6.07, 6.45) is 0. The van der Waals surface area contributed by atoms with Gasteiger partial charge in [-0.15, -0.1) is 0 Å². The molecular weight excluding hydrogens is 386 g/mol. The Labute approximate surface area is 174 Å². The summed E-state index contributed by atoms with van der Waals surface area (Å²) in [5.74, 6) is 1.09. The molecule has 3 rings (SSSR count). The molecule has 1 amide bonds. The van der Waals surface area contributed by atoms with Crippen molar-refractivity contribution in [3.63, 3.8) is 0 Å². The van der Waals surface area contributed by atoms with Gasteiger partial charge in [-0.1, -0.05) is 12.1 Å². The van der Waals surface area contributed by atoms with Crippen LogP contribution in [0.3, 0.4) is 0 Å². The van der Waals surface area contributed by atoms with E-state index in [-0.39, 0.29) is 11.5 Å². The Kier molecular flexibility index (Phi) is 6.68. The zero-order chi connectivity index (χ0) is 21.7. The summed E-state index contributed by atoms with van der Waals surface area (Å²) in [6.45, 7) is 2.46. The number of nitrogens with zero attached hydrogens (tertiary/aromatic N) is 2. The number of hydrogen-bond acceptors (Lipinski definition) is 6. The molecule has 8 nitrogen and oxygen atoms in total. The van der Waals surface area contributed by atoms with Crippen LogP contribution in [0.1, 0.15) is 29.1 Å². The number of para-hydroxylation sites is 1. The van der Waals surface area contributed by atoms with Gasteiger partial charge in [-0.05, 0) is 31.2 Å². The van der Waals surface area contributed by atoms with Crippen molar-refractivity contribution in [2.45, 2.75) is 19.5 Å². The summed E-state index contributed by atoms with van der Waals surface area (Å²) in [5.41, 5.74) is 0.766. The standard InChI is InChI=1S/C22H25N3O5/c1-14(23-21(26)17-10-9-15(29-3)13-19(17)30-4)20-24-18-8-6-5-7-16(18)22(27)25(20)11-12-28-2/h5-10,13-14H,11-12H2,1-4H3,(H,23,26)/t14-/m0/s1. The summed E-state index contributed by atoms with van der Waals surface area (Å²) in [5, 5.41) is 3.43. The highest BCUT2D eigenvalue weighted by Crippen LogP contribution is 2.25. The van der Waals surface area contributed by atoms with Crippen molar-refractivity contribution in [1.29, 1.82) is 0 Å². The van der Waals surface area contributed by atoms with Crippen molar-refractivity contribution in [2.75, 3.05) is 27.9 Å². The van der Waals surface area contributed by atoms with Crippen LogP contribution in [0.2, 0.25) is 0 Å². The molecule has 0 unspecified atom stereocenters. The monoisotopic (exact) mass is 411 g/mol. The van der Waals surface area contributed by atoms with E-state index in [0.717, 1.165) is 0 Å². The fourth-order valence-corrected chi connectivity index (χ4v) is 3.24. The highest BCUT2D eigenvalue weighted by Gasteiger charge is 2.21. The molecule has 0 radical (unpaired) electrons. The molecule has 0 aliphatic rings. The van der Waals surface area contributed by atoms with Crippen molar-refractivity contribution < 1.29 is 19.0 Å². The molecule has 0 fully saturated rings. The van der Waals surface area contributed by atoms with Gasteiger partial charge in [0.05, 0.1) is 49.9 Å². The molecule has 1 atom stereocenters. The third-order valence-electron chi connectivity index (χ3n) is 4.80. The molecular formula is C22H25N3O5. The molecule has 0 aliphatic heterocycles. The molecule has 1 heterocycles. The van der Waals surface area contributed by atoms with E-state index in [1.807, 2.05) is 6.07 Å². The summed E-state index contributed by atoms with van der Waals surface area (Å²) in [7, 11) is 4.60. The maximum absolute atomic E-state index is 13.0. The maximum atomic E-state index is 13.0. The zero-order valence-electron chi connectivity index (χ0n) is 17.5. The van der Waals surface area contributed by atoms with E-state index < -0.39 is 6.04 Å². The molecule has 0 saturated heterocycles. The van der Waals surface area contributed by atoms with Crippen LogP contribution in [0, 0.1) is 0 Å². The largest absolute Gasteiger partial charge is 0.497 e. The summed E-state index contributed by atoms with van der Waals surface area (Å²) in [6, 6.07) is 11.6. The van der Waals surface area contributed by atoms with Crippen molar-refractivity contribution in [1.82, 2.24) is 14.9 Å². The molecule has 0 spiro atoms. The van der Waals surface area contributed by atoms with Crippen LogP contribution in [0.25, 0.3) is 10.9 Å². The third kappa shape index (κ3) is 4.28. The number of fused-ring (bicyclic) bond motifs is 1. The van der Waals surface area contributed by atoms with Crippen LogP contribution in [0.4, 0.5) is 0 Å². The molecule has 0 aliphatic carbocycles. The van der Waals surface area contributed by atoms with E-state index in [1.165, 1.54) is 7.11 Å². The predicted octanol–water partition coefficient (Wildman–Crippen LogP) is 2.55. The van der Waals surface area contributed by atoms with Crippen molar-refractivity contribution in [3.8, 4) is 11.5 Å². The van der Waals surface area contributed by atoms with E-state index >= 15 is 0 Å². The van der Waals surface area contributed by atoms with Crippen molar-refractivity contribution in [2.24, 2.45) is 0 Å². The number of carbonyl (C=O) groups is 1. The Morgan fingerprint density at radius 2 is 1.90 bits per heavy atom. The van der Waals surface area contributed by atoms with Crippen LogP contribution in [-0.2, 0) is 11.3 Å². The summed E-state index contributed by atoms with van der Waals surface area (Å²) < 4.78 is 17.2. The minimum atomic E-state index is -0.529. The van der Waals surface area contributed by atoms with E-state index in [2.05, 4.69) is 10.3 Å². The smallest absolute Gasteiger partial charge is 0.261 e. The topological polar surface area (TPSA) is 91.7 Å². The average molecular weight is 411 g/mol. The number of carbonyl (C=O) groups excluding carboxylic acids is 1. The molecule has 158 valence electrons. The molecule has 0 saturated carbocycles. The Morgan fingerprint density at radius 1 is 1.13 bits per heavy atom. The van der Waals surface area contributed by atoms with Crippen LogP contribution in [-0.4, -0.2) is 43.4 Å². The molecule has 1 aromatic heterocycles. The van der Waals surface area contributed by atoms with Crippen molar-refractivity contribution in [3.05, 3.63) is 64.2 Å². The van der Waals surface area contributed by atoms with E-state index in [4.69, 9.17) is 14.2 Å². The summed E-state index contributed by atoms with van der Waals surface area (Å²) >= 11 is 0. The lowest BCUT2D eigenvalue weighted by atomic mass is 10.1. The second kappa shape index (κ2) is 9.41. The van der Waals surface area contributed by atoms with Gasteiger partial charge in [-0.3, -0.25) is 14.2 Å². The number of benzene rings is 2. The Balaban J connectivity index is 1.97. The second-order valence-electron chi connectivity index (χ2n) is 6.70. The first-order valence-electron chi connectivity index (χ1n) is 9.51. The highest BCUT2D eigenvalue weighted by atomic mass is 16.5. The van der Waals surface area contributed by atoms with Crippen LogP contribution in [0.5, 0.6) is 11.5 Å². The number of rotatable bonds is 8. The molecule has 8 heteroatoms. The first kappa shape index (κ1) is 21.3. The van der Waals surface area contributed by atoms with Gasteiger partial charge < -0.3 is 19.5 Å². The SMILES string of the molecule is COCCn1c([C@H](C)NC(=O)c2ccc(OC)cc2OC)nc2ccccc2c1=O. The van der Waals surface area contributed by atoms with Gasteiger partial charge >= 0.3 is 0 Å². The van der Waals surface area contributed by atoms with Gasteiger partial charge in [0.15, 0.2) is 0 Å². The van der Waals surface area contributed by atoms with Gasteiger partial charge in [0, 0.05) is 13.2 Å². The zero-order valence-corrected chi connectivity index (χ0v) is 17.5. The van der Waals surface area contributed by atoms with Crippen LogP contribution in [0.15, 0.2) is 47.3 Å². The minimum Gasteiger partial charge on any atom is -0.497 e. The number of hydrogen-bond donors (Lipinski definition) is 1. The Hall–Kier alpha value is -3.39. The molecule has 1 N–H and O–H groups in total. The van der Waals surface area contributed by atoms with Gasteiger partial charge in [0.2, 0.25) is 0 Å². The lowest BCUT2D eigenvalue weighted by molar-refractivity contribution is 0.0933. The Bertz CT molecular complexity index is 1110. The minimum absolute atomic E-state index is 0.171. The highest BCUT2D eigenvalue weighted by molar-refractivity contribution is 5.97. The average Bonchev–Trinajstić information content (AvgIpc) is 2.77. The summed E-state index contributed by atoms with van der Waals surface area (Å²) in [4.78, 5) is 30.6. The van der Waals surface area contributed by atoms with Gasteiger partial charge in [-0.25, -0.2) is 4.98 Å². The molecule has 0 bridgehead atoms. The quantitative estimate of drug-likeness (QED) is 0.613. The third-order valence-corrected chi connectivity index (χ3v) is 4.80. The van der Waals surface area contributed by atoms with Gasteiger partial charge in [-0.2, -0.15) is 0 Å². The molecule has 30 heavy (non-hydrogen) atoms. The first-order valence-corrected chi connectivity index (χ1v) is 9.51. The van der Waals surface area contributed by atoms with Crippen molar-refractivity contribution >= 4 is 16.8 Å². The fraction of sp³-hybridized carbons (Fsp3) is 0.318. The predicted molar refractivity (Wildman–Crippen MR) is 113 cm³/mol. The normalized spacial score (nSPS) is 11.9. The fourth-order valence-electron chi connectivity index (χ4n) is 3.24. The van der Waals surface area contributed by atoms with Crippen LogP contribution < -0.4 is 20.3 Å². The number of amides is 1. The number of ether oxygens (including phenoxy) is 3.